The molecule has 1 aliphatic rings. The van der Waals surface area contributed by atoms with Crippen LogP contribution in [0.5, 0.6) is 0 Å². The van der Waals surface area contributed by atoms with E-state index in [2.05, 4.69) is 59.8 Å². The van der Waals surface area contributed by atoms with Gasteiger partial charge in [-0.2, -0.15) is 0 Å². The average Bonchev–Trinajstić information content (AvgIpc) is 3.47. The summed E-state index contributed by atoms with van der Waals surface area (Å²) >= 11 is 1.69. The van der Waals surface area contributed by atoms with E-state index in [1.54, 1.807) is 23.5 Å². The van der Waals surface area contributed by atoms with Gasteiger partial charge in [-0.15, -0.1) is 11.3 Å². The number of nitrogens with one attached hydrogen (secondary N) is 2. The zero-order valence-electron chi connectivity index (χ0n) is 18.9. The summed E-state index contributed by atoms with van der Waals surface area (Å²) in [7, 11) is 0. The third kappa shape index (κ3) is 4.57. The first-order valence-corrected chi connectivity index (χ1v) is 12.1. The number of benzene rings is 1. The van der Waals surface area contributed by atoms with E-state index >= 15 is 0 Å². The molecule has 5 nitrogen and oxygen atoms in total. The van der Waals surface area contributed by atoms with Crippen LogP contribution in [-0.2, 0) is 12.8 Å². The molecule has 2 N–H and O–H groups in total. The van der Waals surface area contributed by atoms with E-state index in [-0.39, 0.29) is 11.9 Å². The van der Waals surface area contributed by atoms with Gasteiger partial charge >= 0.3 is 0 Å². The van der Waals surface area contributed by atoms with Gasteiger partial charge in [0.2, 0.25) is 0 Å². The molecule has 1 amide bonds. The Morgan fingerprint density at radius 3 is 2.64 bits per heavy atom. The quantitative estimate of drug-likeness (QED) is 0.339. The van der Waals surface area contributed by atoms with Crippen LogP contribution in [0.4, 0.5) is 10.8 Å². The third-order valence-electron chi connectivity index (χ3n) is 6.09. The number of hydrogen-bond acceptors (Lipinski definition) is 5. The number of fused-ring (bicyclic) bond motifs is 1. The lowest BCUT2D eigenvalue weighted by atomic mass is 9.89. The number of anilines is 2. The monoisotopic (exact) mass is 457 g/mol. The van der Waals surface area contributed by atoms with Crippen molar-refractivity contribution in [3.05, 3.63) is 99.4 Å². The zero-order chi connectivity index (χ0) is 22.8. The van der Waals surface area contributed by atoms with Gasteiger partial charge in [0.25, 0.3) is 5.91 Å². The fraction of sp³-hybridized carbons (Fsp3) is 0.259. The smallest absolute Gasteiger partial charge is 0.291 e. The molecule has 0 saturated carbocycles. The molecule has 33 heavy (non-hydrogen) atoms. The van der Waals surface area contributed by atoms with Gasteiger partial charge in [-0.3, -0.25) is 4.79 Å². The molecule has 0 spiro atoms. The Balaban J connectivity index is 1.61. The minimum atomic E-state index is -0.226. The molecule has 3 aromatic heterocycles. The highest BCUT2D eigenvalue weighted by atomic mass is 32.1. The number of aromatic nitrogens is 1. The second-order valence-corrected chi connectivity index (χ2v) is 9.70. The van der Waals surface area contributed by atoms with Gasteiger partial charge in [0, 0.05) is 16.6 Å². The molecule has 1 aliphatic carbocycles. The number of thiophene rings is 1. The molecular weight excluding hydrogens is 430 g/mol. The van der Waals surface area contributed by atoms with E-state index in [4.69, 9.17) is 4.42 Å². The predicted octanol–water partition coefficient (Wildman–Crippen LogP) is 6.69. The van der Waals surface area contributed by atoms with Crippen molar-refractivity contribution in [3.8, 4) is 0 Å². The van der Waals surface area contributed by atoms with Crippen LogP contribution < -0.4 is 10.6 Å². The van der Waals surface area contributed by atoms with Gasteiger partial charge < -0.3 is 15.1 Å². The molecule has 4 aromatic rings. The molecule has 1 aromatic carbocycles. The van der Waals surface area contributed by atoms with Crippen molar-refractivity contribution in [1.29, 1.82) is 0 Å². The fourth-order valence-corrected chi connectivity index (χ4v) is 5.73. The Bertz CT molecular complexity index is 1260. The van der Waals surface area contributed by atoms with Crippen LogP contribution in [0.3, 0.4) is 0 Å². The second kappa shape index (κ2) is 9.24. The Labute approximate surface area is 197 Å². The Kier molecular flexibility index (Phi) is 6.01. The first kappa shape index (κ1) is 21.5. The SMILES string of the molecule is Cc1ccc(C(Nc2cc(C)ccn2)c2c(NC(=O)c3ccco3)sc3c2CCCC3)cc1. The van der Waals surface area contributed by atoms with Crippen LogP contribution in [-0.4, -0.2) is 10.9 Å². The van der Waals surface area contributed by atoms with Crippen molar-refractivity contribution >= 4 is 28.1 Å². The molecule has 0 saturated heterocycles. The molecule has 1 atom stereocenters. The molecule has 0 fully saturated rings. The lowest BCUT2D eigenvalue weighted by Crippen LogP contribution is -2.19. The Morgan fingerprint density at radius 2 is 1.88 bits per heavy atom. The highest BCUT2D eigenvalue weighted by Crippen LogP contribution is 2.44. The first-order chi connectivity index (χ1) is 16.1. The summed E-state index contributed by atoms with van der Waals surface area (Å²) in [5, 5.41) is 7.72. The summed E-state index contributed by atoms with van der Waals surface area (Å²) in [4.78, 5) is 18.8. The maximum absolute atomic E-state index is 12.9. The molecule has 5 rings (SSSR count). The number of carbonyl (C=O) groups excluding carboxylic acids is 1. The zero-order valence-corrected chi connectivity index (χ0v) is 19.7. The molecule has 168 valence electrons. The van der Waals surface area contributed by atoms with Gasteiger partial charge in [0.15, 0.2) is 5.76 Å². The largest absolute Gasteiger partial charge is 0.459 e. The van der Waals surface area contributed by atoms with Gasteiger partial charge in [-0.25, -0.2) is 4.98 Å². The minimum absolute atomic E-state index is 0.134. The highest BCUT2D eigenvalue weighted by molar-refractivity contribution is 7.16. The van der Waals surface area contributed by atoms with Crippen LogP contribution in [0.25, 0.3) is 0 Å². The topological polar surface area (TPSA) is 67.2 Å². The molecule has 0 radical (unpaired) electrons. The van der Waals surface area contributed by atoms with E-state index in [1.807, 2.05) is 12.3 Å². The van der Waals surface area contributed by atoms with Crippen LogP contribution in [0, 0.1) is 13.8 Å². The molecule has 0 bridgehead atoms. The summed E-state index contributed by atoms with van der Waals surface area (Å²) < 4.78 is 5.34. The fourth-order valence-electron chi connectivity index (χ4n) is 4.41. The van der Waals surface area contributed by atoms with Crippen LogP contribution in [0.2, 0.25) is 0 Å². The van der Waals surface area contributed by atoms with Gasteiger partial charge in [0.1, 0.15) is 10.8 Å². The van der Waals surface area contributed by atoms with E-state index in [0.717, 1.165) is 46.8 Å². The maximum Gasteiger partial charge on any atom is 0.291 e. The molecular formula is C27H27N3O2S. The van der Waals surface area contributed by atoms with Gasteiger partial charge in [0.05, 0.1) is 12.3 Å². The number of carbonyl (C=O) groups is 1. The second-order valence-electron chi connectivity index (χ2n) is 8.59. The van der Waals surface area contributed by atoms with Crippen molar-refractivity contribution in [3.63, 3.8) is 0 Å². The number of pyridine rings is 1. The summed E-state index contributed by atoms with van der Waals surface area (Å²) in [6.45, 7) is 4.16. The van der Waals surface area contributed by atoms with E-state index in [0.29, 0.717) is 5.76 Å². The van der Waals surface area contributed by atoms with Crippen LogP contribution in [0.1, 0.15) is 62.1 Å². The summed E-state index contributed by atoms with van der Waals surface area (Å²) in [5.74, 6) is 0.906. The van der Waals surface area contributed by atoms with E-state index < -0.39 is 0 Å². The lowest BCUT2D eigenvalue weighted by Gasteiger charge is -2.24. The van der Waals surface area contributed by atoms with Crippen molar-refractivity contribution in [2.24, 2.45) is 0 Å². The minimum Gasteiger partial charge on any atom is -0.459 e. The summed E-state index contributed by atoms with van der Waals surface area (Å²) in [5.41, 5.74) is 6.00. The summed E-state index contributed by atoms with van der Waals surface area (Å²) in [6, 6.07) is 15.9. The Morgan fingerprint density at radius 1 is 1.06 bits per heavy atom. The van der Waals surface area contributed by atoms with Crippen molar-refractivity contribution in [2.45, 2.75) is 45.6 Å². The van der Waals surface area contributed by atoms with Crippen LogP contribution >= 0.6 is 11.3 Å². The maximum atomic E-state index is 12.9. The number of hydrogen-bond donors (Lipinski definition) is 2. The normalized spacial score (nSPS) is 13.9. The van der Waals surface area contributed by atoms with Crippen molar-refractivity contribution < 1.29 is 9.21 Å². The molecule has 0 aliphatic heterocycles. The van der Waals surface area contributed by atoms with E-state index in [1.165, 1.54) is 28.7 Å². The van der Waals surface area contributed by atoms with Crippen molar-refractivity contribution in [2.75, 3.05) is 10.6 Å². The number of rotatable bonds is 6. The number of amides is 1. The average molecular weight is 458 g/mol. The third-order valence-corrected chi connectivity index (χ3v) is 7.31. The standard InChI is InChI=1S/C27H27N3O2S/c1-17-9-11-19(12-10-17)25(29-23-16-18(2)13-14-28-23)24-20-6-3-4-8-22(20)33-27(24)30-26(31)21-7-5-15-32-21/h5,7,9-16,25H,3-4,6,8H2,1-2H3,(H,28,29)(H,30,31). The lowest BCUT2D eigenvalue weighted by molar-refractivity contribution is 0.0997. The summed E-state index contributed by atoms with van der Waals surface area (Å²) in [6.07, 6.45) is 7.75. The first-order valence-electron chi connectivity index (χ1n) is 11.3. The van der Waals surface area contributed by atoms with Gasteiger partial charge in [-0.05, 0) is 80.5 Å². The van der Waals surface area contributed by atoms with Gasteiger partial charge in [-0.1, -0.05) is 29.8 Å². The highest BCUT2D eigenvalue weighted by Gasteiger charge is 2.29. The van der Waals surface area contributed by atoms with E-state index in [9.17, 15) is 4.79 Å². The molecule has 6 heteroatoms. The number of aryl methyl sites for hydroxylation is 3. The Hall–Kier alpha value is -3.38. The molecule has 1 unspecified atom stereocenters. The molecule has 3 heterocycles. The number of nitrogens with zero attached hydrogens (tertiary/aromatic N) is 1. The van der Waals surface area contributed by atoms with Crippen molar-refractivity contribution in [1.82, 2.24) is 4.98 Å². The number of furan rings is 1. The van der Waals surface area contributed by atoms with Crippen LogP contribution in [0.15, 0.2) is 65.4 Å². The predicted molar refractivity (Wildman–Crippen MR) is 133 cm³/mol.